The molecule has 0 aromatic heterocycles. The van der Waals surface area contributed by atoms with Crippen molar-refractivity contribution in [1.82, 2.24) is 4.90 Å². The van der Waals surface area contributed by atoms with Gasteiger partial charge in [-0.1, -0.05) is 64.2 Å². The fraction of sp³-hybridized carbons (Fsp3) is 0.759. The summed E-state index contributed by atoms with van der Waals surface area (Å²) in [7, 11) is 1.09. The fourth-order valence-corrected chi connectivity index (χ4v) is 10.3. The number of carbonyl (C=O) groups is 5. The van der Waals surface area contributed by atoms with E-state index in [9.17, 15) is 47.7 Å². The molecule has 1 saturated heterocycles. The molecule has 2 bridgehead atoms. The minimum atomic E-state index is -3.13. The second-order valence-electron chi connectivity index (χ2n) is 20.6. The number of hydrogen-bond donors (Lipinski definition) is 3. The van der Waals surface area contributed by atoms with Crippen molar-refractivity contribution in [3.8, 4) is 0 Å². The molecule has 72 heavy (non-hydrogen) atoms. The van der Waals surface area contributed by atoms with E-state index in [1.54, 1.807) is 40.9 Å². The monoisotopic (exact) mass is 1040 g/mol. The number of fused-ring (bicyclic) bond motifs is 2. The van der Waals surface area contributed by atoms with Gasteiger partial charge in [0.2, 0.25) is 5.79 Å². The van der Waals surface area contributed by atoms with E-state index in [-0.39, 0.29) is 68.1 Å². The standard InChI is InChI=1S/C54H87NO16S/c1-34-19-15-13-12-14-16-20-35(2)48(58)50(67-10)49(59)38(5)29-36(3)43(57)33-46(37(4)30-41-22-24-44(47(31-41)66-9)68-27-18-28-72(11,64)65)70-53(62)40(7)55(8)52(61)51(60)54(63)39(6)21-23-42(71-54)32-45(34)69-26-17-25-56/h12-15,19,29,35-37,39-42,44-47,49-50,56,59,63H,16-18,20-28,30-33H2,1-11H3/b14-12-,15-13-,34-19-,38-29-/t35?,36?,37-,39+,40?,41+,42-,44-,45+,46?,47-,49?,50?,54+/m1/s1. The third-order valence-electron chi connectivity index (χ3n) is 14.7. The van der Waals surface area contributed by atoms with Gasteiger partial charge in [0, 0.05) is 77.9 Å². The van der Waals surface area contributed by atoms with Crippen molar-refractivity contribution >= 4 is 39.1 Å². The zero-order valence-corrected chi connectivity index (χ0v) is 45.6. The minimum Gasteiger partial charge on any atom is -0.460 e. The van der Waals surface area contributed by atoms with Crippen LogP contribution in [0.1, 0.15) is 126 Å². The number of aliphatic hydroxyl groups excluding tert-OH is 2. The maximum absolute atomic E-state index is 14.1. The Kier molecular flexibility index (Phi) is 26.3. The zero-order chi connectivity index (χ0) is 53.9. The summed E-state index contributed by atoms with van der Waals surface area (Å²) in [6.07, 6.45) is 11.9. The maximum atomic E-state index is 14.1. The molecule has 6 unspecified atom stereocenters. The summed E-state index contributed by atoms with van der Waals surface area (Å²) in [5, 5.41) is 32.8. The number of carbonyl (C=O) groups excluding carboxylic acids is 5. The molecule has 18 heteroatoms. The van der Waals surface area contributed by atoms with Crippen molar-refractivity contribution in [1.29, 1.82) is 0 Å². The van der Waals surface area contributed by atoms with Crippen molar-refractivity contribution in [3.63, 3.8) is 0 Å². The van der Waals surface area contributed by atoms with Crippen LogP contribution in [0.15, 0.2) is 47.6 Å². The topological polar surface area (TPSA) is 239 Å². The maximum Gasteiger partial charge on any atom is 0.328 e. The van der Waals surface area contributed by atoms with E-state index in [1.165, 1.54) is 27.3 Å². The van der Waals surface area contributed by atoms with Gasteiger partial charge in [0.05, 0.1) is 30.2 Å². The molecule has 3 aliphatic rings. The van der Waals surface area contributed by atoms with Crippen LogP contribution in [0.3, 0.4) is 0 Å². The number of aliphatic hydroxyl groups is 3. The molecule has 2 aliphatic heterocycles. The summed E-state index contributed by atoms with van der Waals surface area (Å²) in [5.74, 6) is -8.73. The molecule has 0 aromatic carbocycles. The lowest BCUT2D eigenvalue weighted by molar-refractivity contribution is -0.265. The van der Waals surface area contributed by atoms with Gasteiger partial charge >= 0.3 is 5.97 Å². The van der Waals surface area contributed by atoms with E-state index in [2.05, 4.69) is 0 Å². The Balaban J connectivity index is 1.98. The number of nitrogens with zero attached hydrogens (tertiary/aromatic N) is 1. The third kappa shape index (κ3) is 19.0. The lowest BCUT2D eigenvalue weighted by Crippen LogP contribution is -2.59. The summed E-state index contributed by atoms with van der Waals surface area (Å²) in [6.45, 7) is 12.3. The van der Waals surface area contributed by atoms with Gasteiger partial charge in [0.25, 0.3) is 11.7 Å². The van der Waals surface area contributed by atoms with Crippen LogP contribution in [0.2, 0.25) is 0 Å². The quantitative estimate of drug-likeness (QED) is 0.0829. The van der Waals surface area contributed by atoms with E-state index < -0.39 is 93.5 Å². The number of cyclic esters (lactones) is 1. The second kappa shape index (κ2) is 30.2. The van der Waals surface area contributed by atoms with Crippen LogP contribution in [0.5, 0.6) is 0 Å². The Morgan fingerprint density at radius 3 is 2.22 bits per heavy atom. The molecular formula is C54H87NO16S. The van der Waals surface area contributed by atoms with Crippen LogP contribution in [0, 0.1) is 29.6 Å². The van der Waals surface area contributed by atoms with Gasteiger partial charge < -0.3 is 48.6 Å². The van der Waals surface area contributed by atoms with Crippen molar-refractivity contribution in [3.05, 3.63) is 47.6 Å². The third-order valence-corrected chi connectivity index (χ3v) is 15.8. The Labute approximate surface area is 429 Å². The normalized spacial score (nSPS) is 35.9. The number of sulfone groups is 1. The first-order valence-electron chi connectivity index (χ1n) is 25.8. The van der Waals surface area contributed by atoms with Gasteiger partial charge in [-0.3, -0.25) is 19.2 Å². The number of likely N-dealkylation sites (N-methyl/N-ethyl adjacent to an activating group) is 1. The Hall–Kier alpha value is -3.46. The first kappa shape index (κ1) is 62.8. The lowest BCUT2D eigenvalue weighted by atomic mass is 9.78. The second-order valence-corrected chi connectivity index (χ2v) is 22.9. The average Bonchev–Trinajstić information content (AvgIpc) is 3.33. The van der Waals surface area contributed by atoms with Crippen molar-refractivity contribution in [2.24, 2.45) is 29.6 Å². The SMILES string of the molecule is COC1C(=O)C(C)CC\C=C/C=C\C=C(\C)[C@@H](OCCCO)C[C@H]2CC[C@H](C)[C@](O)(O2)C(=O)C(=O)N(C)C(C)C(=O)OC([C@H](C)C[C@@H]2CC[C@@H](OCCCS(C)(=O)=O)[C@H](OC)C2)CC(=O)C(C)/C=C(/C)C1O. The van der Waals surface area contributed by atoms with E-state index in [1.807, 2.05) is 44.2 Å². The summed E-state index contributed by atoms with van der Waals surface area (Å²) >= 11 is 0. The zero-order valence-electron chi connectivity index (χ0n) is 44.8. The molecule has 1 amide bonds. The fourth-order valence-electron chi connectivity index (χ4n) is 9.67. The van der Waals surface area contributed by atoms with Crippen molar-refractivity contribution in [2.75, 3.05) is 53.1 Å². The summed E-state index contributed by atoms with van der Waals surface area (Å²) < 4.78 is 59.1. The van der Waals surface area contributed by atoms with Crippen LogP contribution in [-0.2, 0) is 62.2 Å². The van der Waals surface area contributed by atoms with Crippen molar-refractivity contribution in [2.45, 2.75) is 180 Å². The van der Waals surface area contributed by atoms with Crippen molar-refractivity contribution < 1.29 is 76.1 Å². The predicted molar refractivity (Wildman–Crippen MR) is 272 cm³/mol. The summed E-state index contributed by atoms with van der Waals surface area (Å²) in [5.41, 5.74) is 1.17. The number of Topliss-reactive ketones (excluding diaryl/α,β-unsaturated/α-hetero) is 3. The predicted octanol–water partition coefficient (Wildman–Crippen LogP) is 5.61. The first-order valence-corrected chi connectivity index (χ1v) is 27.9. The van der Waals surface area contributed by atoms with Gasteiger partial charge in [0.15, 0.2) is 5.78 Å². The highest BCUT2D eigenvalue weighted by Crippen LogP contribution is 2.37. The molecule has 3 N–H and O–H groups in total. The number of allylic oxidation sites excluding steroid dienone is 6. The molecule has 17 nitrogen and oxygen atoms in total. The molecule has 0 aromatic rings. The van der Waals surface area contributed by atoms with Gasteiger partial charge in [-0.15, -0.1) is 0 Å². The molecule has 410 valence electrons. The van der Waals surface area contributed by atoms with Crippen LogP contribution in [0.4, 0.5) is 0 Å². The number of methoxy groups -OCH3 is 2. The van der Waals surface area contributed by atoms with Crippen LogP contribution in [-0.4, -0.2) is 166 Å². The molecular weight excluding hydrogens is 951 g/mol. The molecule has 14 atom stereocenters. The molecule has 1 aliphatic carbocycles. The minimum absolute atomic E-state index is 0.0193. The van der Waals surface area contributed by atoms with Gasteiger partial charge in [0.1, 0.15) is 40.0 Å². The van der Waals surface area contributed by atoms with E-state index in [0.29, 0.717) is 63.4 Å². The Morgan fingerprint density at radius 1 is 0.875 bits per heavy atom. The number of ether oxygens (including phenoxy) is 6. The highest BCUT2D eigenvalue weighted by Gasteiger charge is 2.52. The van der Waals surface area contributed by atoms with E-state index >= 15 is 0 Å². The molecule has 0 spiro atoms. The van der Waals surface area contributed by atoms with Gasteiger partial charge in [-0.05, 0) is 108 Å². The first-order chi connectivity index (χ1) is 33.9. The van der Waals surface area contributed by atoms with Gasteiger partial charge in [-0.2, -0.15) is 0 Å². The molecule has 1 saturated carbocycles. The highest BCUT2D eigenvalue weighted by molar-refractivity contribution is 7.90. The number of amides is 1. The largest absolute Gasteiger partial charge is 0.460 e. The summed E-state index contributed by atoms with van der Waals surface area (Å²) in [6, 6.07) is -1.34. The van der Waals surface area contributed by atoms with E-state index in [0.717, 1.165) is 16.9 Å². The summed E-state index contributed by atoms with van der Waals surface area (Å²) in [4.78, 5) is 70.9. The Morgan fingerprint density at radius 2 is 1.57 bits per heavy atom. The smallest absolute Gasteiger partial charge is 0.328 e. The average molecular weight is 1040 g/mol. The Bertz CT molecular complexity index is 2020. The molecule has 0 radical (unpaired) electrons. The van der Waals surface area contributed by atoms with Crippen LogP contribution in [0.25, 0.3) is 0 Å². The van der Waals surface area contributed by atoms with Crippen LogP contribution < -0.4 is 0 Å². The van der Waals surface area contributed by atoms with Gasteiger partial charge in [-0.25, -0.2) is 13.2 Å². The highest BCUT2D eigenvalue weighted by atomic mass is 32.2. The van der Waals surface area contributed by atoms with Crippen LogP contribution >= 0.6 is 0 Å². The molecule has 2 heterocycles. The number of hydrogen-bond acceptors (Lipinski definition) is 16. The lowest BCUT2D eigenvalue weighted by Gasteiger charge is -2.41. The molecule has 2 fully saturated rings. The number of esters is 1. The van der Waals surface area contributed by atoms with E-state index in [4.69, 9.17) is 28.4 Å². The number of rotatable bonds is 14. The number of ketones is 3. The molecule has 3 rings (SSSR count).